The third kappa shape index (κ3) is 3.94. The first-order chi connectivity index (χ1) is 12.1. The van der Waals surface area contributed by atoms with Gasteiger partial charge in [0, 0.05) is 10.6 Å². The van der Waals surface area contributed by atoms with Crippen molar-refractivity contribution in [3.05, 3.63) is 63.7 Å². The summed E-state index contributed by atoms with van der Waals surface area (Å²) in [6.07, 6.45) is 4.38. The number of nitrogens with one attached hydrogen (secondary N) is 2. The van der Waals surface area contributed by atoms with E-state index < -0.39 is 5.91 Å². The van der Waals surface area contributed by atoms with E-state index in [0.29, 0.717) is 16.3 Å². The van der Waals surface area contributed by atoms with Crippen molar-refractivity contribution in [2.24, 2.45) is 0 Å². The molecule has 2 aromatic rings. The number of hydrogen-bond acceptors (Lipinski definition) is 3. The molecule has 3 rings (SSSR count). The maximum absolute atomic E-state index is 12.3. The number of rotatable bonds is 3. The van der Waals surface area contributed by atoms with Gasteiger partial charge in [-0.2, -0.15) is 0 Å². The third-order valence-electron chi connectivity index (χ3n) is 4.31. The lowest BCUT2D eigenvalue weighted by atomic mass is 9.90. The van der Waals surface area contributed by atoms with E-state index in [9.17, 15) is 9.59 Å². The van der Waals surface area contributed by atoms with Crippen LogP contribution in [0, 0.1) is 0 Å². The lowest BCUT2D eigenvalue weighted by Gasteiger charge is -2.16. The van der Waals surface area contributed by atoms with Gasteiger partial charge >= 0.3 is 0 Å². The fraction of sp³-hybridized carbons (Fsp3) is 0.263. The summed E-state index contributed by atoms with van der Waals surface area (Å²) in [5.74, 6) is -0.474. The van der Waals surface area contributed by atoms with E-state index in [1.165, 1.54) is 30.7 Å². The lowest BCUT2D eigenvalue weighted by molar-refractivity contribution is 0.0845. The van der Waals surface area contributed by atoms with E-state index in [1.54, 1.807) is 18.2 Å². The van der Waals surface area contributed by atoms with Gasteiger partial charge in [-0.15, -0.1) is 0 Å². The van der Waals surface area contributed by atoms with Crippen LogP contribution in [0.5, 0.6) is 5.75 Å². The van der Waals surface area contributed by atoms with Gasteiger partial charge in [-0.25, -0.2) is 0 Å². The second kappa shape index (κ2) is 7.57. The van der Waals surface area contributed by atoms with Gasteiger partial charge in [0.25, 0.3) is 11.8 Å². The Kier molecular flexibility index (Phi) is 5.24. The molecule has 0 aromatic heterocycles. The molecule has 6 heteroatoms. The van der Waals surface area contributed by atoms with Crippen LogP contribution in [0.4, 0.5) is 0 Å². The fourth-order valence-electron chi connectivity index (χ4n) is 2.99. The topological polar surface area (TPSA) is 67.4 Å². The Morgan fingerprint density at radius 1 is 0.960 bits per heavy atom. The molecule has 130 valence electrons. The molecule has 0 atom stereocenters. The Morgan fingerprint density at radius 3 is 2.44 bits per heavy atom. The van der Waals surface area contributed by atoms with E-state index >= 15 is 0 Å². The highest BCUT2D eigenvalue weighted by molar-refractivity contribution is 6.31. The van der Waals surface area contributed by atoms with Gasteiger partial charge in [0.2, 0.25) is 0 Å². The summed E-state index contributed by atoms with van der Waals surface area (Å²) in [7, 11) is 1.46. The molecule has 0 aliphatic heterocycles. The largest absolute Gasteiger partial charge is 0.496 e. The number of amides is 2. The van der Waals surface area contributed by atoms with E-state index in [0.717, 1.165) is 19.3 Å². The summed E-state index contributed by atoms with van der Waals surface area (Å²) in [4.78, 5) is 24.6. The molecule has 0 radical (unpaired) electrons. The van der Waals surface area contributed by atoms with Gasteiger partial charge in [0.15, 0.2) is 0 Å². The number of carbonyl (C=O) groups is 2. The van der Waals surface area contributed by atoms with Crippen molar-refractivity contribution in [2.75, 3.05) is 7.11 Å². The highest BCUT2D eigenvalue weighted by Gasteiger charge is 2.16. The molecule has 0 saturated carbocycles. The number of fused-ring (bicyclic) bond motifs is 1. The van der Waals surface area contributed by atoms with Gasteiger partial charge in [-0.3, -0.25) is 20.4 Å². The smallest absolute Gasteiger partial charge is 0.273 e. The molecule has 2 amide bonds. The molecule has 0 bridgehead atoms. The molecule has 1 aliphatic carbocycles. The minimum Gasteiger partial charge on any atom is -0.496 e. The number of aryl methyl sites for hydroxylation is 2. The summed E-state index contributed by atoms with van der Waals surface area (Å²) in [6, 6.07) is 10.4. The SMILES string of the molecule is COc1ccc(Cl)cc1C(=O)NNC(=O)c1ccc2c(c1)CCCC2. The molecule has 0 fully saturated rings. The molecular formula is C19H19ClN2O3. The average molecular weight is 359 g/mol. The number of ether oxygens (including phenoxy) is 1. The molecule has 1 aliphatic rings. The monoisotopic (exact) mass is 358 g/mol. The van der Waals surface area contributed by atoms with E-state index in [2.05, 4.69) is 10.9 Å². The van der Waals surface area contributed by atoms with Crippen molar-refractivity contribution in [1.29, 1.82) is 0 Å². The van der Waals surface area contributed by atoms with Crippen LogP contribution in [-0.2, 0) is 12.8 Å². The number of methoxy groups -OCH3 is 1. The minimum atomic E-state index is -0.495. The van der Waals surface area contributed by atoms with Crippen molar-refractivity contribution < 1.29 is 14.3 Å². The second-order valence-corrected chi connectivity index (χ2v) is 6.38. The minimum absolute atomic E-state index is 0.251. The number of carbonyl (C=O) groups excluding carboxylic acids is 2. The normalized spacial score (nSPS) is 12.9. The van der Waals surface area contributed by atoms with Crippen molar-refractivity contribution >= 4 is 23.4 Å². The van der Waals surface area contributed by atoms with Crippen LogP contribution in [-0.4, -0.2) is 18.9 Å². The van der Waals surface area contributed by atoms with Crippen LogP contribution < -0.4 is 15.6 Å². The molecule has 0 spiro atoms. The maximum Gasteiger partial charge on any atom is 0.273 e. The van der Waals surface area contributed by atoms with Crippen LogP contribution in [0.25, 0.3) is 0 Å². The highest BCUT2D eigenvalue weighted by Crippen LogP contribution is 2.23. The van der Waals surface area contributed by atoms with Crippen LogP contribution in [0.15, 0.2) is 36.4 Å². The summed E-state index contributed by atoms with van der Waals surface area (Å²) < 4.78 is 5.14. The third-order valence-corrected chi connectivity index (χ3v) is 4.54. The Balaban J connectivity index is 1.68. The summed E-state index contributed by atoms with van der Waals surface area (Å²) in [6.45, 7) is 0. The number of hydrogen-bond donors (Lipinski definition) is 2. The second-order valence-electron chi connectivity index (χ2n) is 5.94. The highest BCUT2D eigenvalue weighted by atomic mass is 35.5. The van der Waals surface area contributed by atoms with E-state index in [1.807, 2.05) is 12.1 Å². The zero-order valence-corrected chi connectivity index (χ0v) is 14.7. The van der Waals surface area contributed by atoms with Crippen molar-refractivity contribution in [1.82, 2.24) is 10.9 Å². The van der Waals surface area contributed by atoms with Gasteiger partial charge < -0.3 is 4.74 Å². The molecule has 0 unspecified atom stereocenters. The maximum atomic E-state index is 12.3. The fourth-order valence-corrected chi connectivity index (χ4v) is 3.16. The predicted octanol–water partition coefficient (Wildman–Crippen LogP) is 3.30. The average Bonchev–Trinajstić information content (AvgIpc) is 2.65. The summed E-state index contributed by atoms with van der Waals surface area (Å²) in [5, 5.41) is 0.409. The molecule has 0 heterocycles. The van der Waals surface area contributed by atoms with Gasteiger partial charge in [0.05, 0.1) is 12.7 Å². The van der Waals surface area contributed by atoms with E-state index in [4.69, 9.17) is 16.3 Å². The summed E-state index contributed by atoms with van der Waals surface area (Å²) in [5.41, 5.74) is 8.13. The molecule has 0 saturated heterocycles. The van der Waals surface area contributed by atoms with Gasteiger partial charge in [-0.05, 0) is 67.1 Å². The lowest BCUT2D eigenvalue weighted by Crippen LogP contribution is -2.41. The molecular weight excluding hydrogens is 340 g/mol. The Morgan fingerprint density at radius 2 is 1.68 bits per heavy atom. The molecule has 5 nitrogen and oxygen atoms in total. The van der Waals surface area contributed by atoms with Gasteiger partial charge in [0.1, 0.15) is 5.75 Å². The summed E-state index contributed by atoms with van der Waals surface area (Å²) >= 11 is 5.92. The van der Waals surface area contributed by atoms with Crippen LogP contribution in [0.2, 0.25) is 5.02 Å². The Bertz CT molecular complexity index is 820. The van der Waals surface area contributed by atoms with Crippen LogP contribution in [0.3, 0.4) is 0 Å². The molecule has 2 N–H and O–H groups in total. The Labute approximate surface area is 151 Å². The number of benzene rings is 2. The first-order valence-corrected chi connectivity index (χ1v) is 8.52. The zero-order valence-electron chi connectivity index (χ0n) is 13.9. The first kappa shape index (κ1) is 17.3. The predicted molar refractivity (Wildman–Crippen MR) is 96.0 cm³/mol. The Hall–Kier alpha value is -2.53. The standard InChI is InChI=1S/C19H19ClN2O3/c1-25-17-9-8-15(20)11-16(17)19(24)22-21-18(23)14-7-6-12-4-2-3-5-13(12)10-14/h6-11H,2-5H2,1H3,(H,21,23)(H,22,24). The molecule has 2 aromatic carbocycles. The van der Waals surface area contributed by atoms with E-state index in [-0.39, 0.29) is 11.5 Å². The van der Waals surface area contributed by atoms with Crippen LogP contribution in [0.1, 0.15) is 44.7 Å². The molecule has 25 heavy (non-hydrogen) atoms. The van der Waals surface area contributed by atoms with Crippen molar-refractivity contribution in [3.8, 4) is 5.75 Å². The number of hydrazine groups is 1. The number of halogens is 1. The van der Waals surface area contributed by atoms with Gasteiger partial charge in [-0.1, -0.05) is 17.7 Å². The first-order valence-electron chi connectivity index (χ1n) is 8.14. The van der Waals surface area contributed by atoms with Crippen molar-refractivity contribution in [3.63, 3.8) is 0 Å². The quantitative estimate of drug-likeness (QED) is 0.827. The van der Waals surface area contributed by atoms with Crippen molar-refractivity contribution in [2.45, 2.75) is 25.7 Å². The zero-order chi connectivity index (χ0) is 17.8. The van der Waals surface area contributed by atoms with Crippen LogP contribution >= 0.6 is 11.6 Å².